The number of rotatable bonds is 5. The van der Waals surface area contributed by atoms with Crippen LogP contribution in [0.25, 0.3) is 6.08 Å². The van der Waals surface area contributed by atoms with E-state index in [2.05, 4.69) is 18.7 Å². The van der Waals surface area contributed by atoms with Crippen LogP contribution in [0, 0.1) is 0 Å². The minimum absolute atomic E-state index is 0.0446. The first kappa shape index (κ1) is 15.8. The summed E-state index contributed by atoms with van der Waals surface area (Å²) < 4.78 is 0. The van der Waals surface area contributed by atoms with Crippen molar-refractivity contribution < 1.29 is 9.90 Å². The predicted octanol–water partition coefficient (Wildman–Crippen LogP) is 4.86. The molecule has 0 fully saturated rings. The zero-order chi connectivity index (χ0) is 16.9. The SMILES string of the molecule is C=Cc1ccc(Cc2ccc(C(=O)c3ccc(O)cc3)cc2)cc1. The zero-order valence-corrected chi connectivity index (χ0v) is 13.3. The highest BCUT2D eigenvalue weighted by Gasteiger charge is 2.09. The van der Waals surface area contributed by atoms with Crippen molar-refractivity contribution in [1.82, 2.24) is 0 Å². The Morgan fingerprint density at radius 3 is 1.75 bits per heavy atom. The Bertz CT molecular complexity index is 842. The molecule has 0 bridgehead atoms. The van der Waals surface area contributed by atoms with Gasteiger partial charge in [0.05, 0.1) is 0 Å². The second-order valence-corrected chi connectivity index (χ2v) is 5.70. The quantitative estimate of drug-likeness (QED) is 0.683. The molecule has 0 aliphatic carbocycles. The highest BCUT2D eigenvalue weighted by molar-refractivity contribution is 6.09. The Morgan fingerprint density at radius 1 is 0.792 bits per heavy atom. The third-order valence-electron chi connectivity index (χ3n) is 3.97. The van der Waals surface area contributed by atoms with Gasteiger partial charge in [-0.2, -0.15) is 0 Å². The summed E-state index contributed by atoms with van der Waals surface area (Å²) in [6, 6.07) is 22.2. The predicted molar refractivity (Wildman–Crippen MR) is 97.3 cm³/mol. The average Bonchev–Trinajstić information content (AvgIpc) is 2.63. The van der Waals surface area contributed by atoms with Gasteiger partial charge in [-0.15, -0.1) is 0 Å². The van der Waals surface area contributed by atoms with Crippen molar-refractivity contribution in [2.75, 3.05) is 0 Å². The van der Waals surface area contributed by atoms with Gasteiger partial charge in [0.2, 0.25) is 0 Å². The summed E-state index contributed by atoms with van der Waals surface area (Å²) in [5, 5.41) is 9.30. The molecule has 0 saturated carbocycles. The van der Waals surface area contributed by atoms with Crippen molar-refractivity contribution >= 4 is 11.9 Å². The number of hydrogen-bond acceptors (Lipinski definition) is 2. The number of hydrogen-bond donors (Lipinski definition) is 1. The van der Waals surface area contributed by atoms with Gasteiger partial charge in [-0.25, -0.2) is 0 Å². The third-order valence-corrected chi connectivity index (χ3v) is 3.97. The molecular weight excluding hydrogens is 296 g/mol. The largest absolute Gasteiger partial charge is 0.508 e. The van der Waals surface area contributed by atoms with E-state index in [0.717, 1.165) is 17.5 Å². The molecule has 0 amide bonds. The summed E-state index contributed by atoms with van der Waals surface area (Å²) in [7, 11) is 0. The van der Waals surface area contributed by atoms with Crippen LogP contribution in [0.3, 0.4) is 0 Å². The van der Waals surface area contributed by atoms with Gasteiger partial charge < -0.3 is 5.11 Å². The lowest BCUT2D eigenvalue weighted by Gasteiger charge is -2.05. The van der Waals surface area contributed by atoms with Crippen molar-refractivity contribution in [2.24, 2.45) is 0 Å². The first-order chi connectivity index (χ1) is 11.7. The van der Waals surface area contributed by atoms with Gasteiger partial charge in [-0.05, 0) is 47.4 Å². The van der Waals surface area contributed by atoms with Crippen molar-refractivity contribution in [2.45, 2.75) is 6.42 Å². The molecule has 0 spiro atoms. The Labute approximate surface area is 141 Å². The number of carbonyl (C=O) groups excluding carboxylic acids is 1. The van der Waals surface area contributed by atoms with Gasteiger partial charge in [0.1, 0.15) is 5.75 Å². The van der Waals surface area contributed by atoms with E-state index >= 15 is 0 Å². The van der Waals surface area contributed by atoms with Gasteiger partial charge in [0.25, 0.3) is 0 Å². The molecule has 3 rings (SSSR count). The van der Waals surface area contributed by atoms with Gasteiger partial charge in [0.15, 0.2) is 5.78 Å². The van der Waals surface area contributed by atoms with Crippen LogP contribution in [0.1, 0.15) is 32.6 Å². The van der Waals surface area contributed by atoms with E-state index in [1.807, 2.05) is 42.5 Å². The Kier molecular flexibility index (Phi) is 4.57. The molecule has 0 aliphatic rings. The van der Waals surface area contributed by atoms with Crippen molar-refractivity contribution in [1.29, 1.82) is 0 Å². The van der Waals surface area contributed by atoms with Gasteiger partial charge >= 0.3 is 0 Å². The van der Waals surface area contributed by atoms with E-state index in [1.54, 1.807) is 12.1 Å². The van der Waals surface area contributed by atoms with Crippen molar-refractivity contribution in [3.63, 3.8) is 0 Å². The number of phenolic OH excluding ortho intramolecular Hbond substituents is 1. The molecule has 0 aliphatic heterocycles. The molecule has 0 atom stereocenters. The van der Waals surface area contributed by atoms with Crippen molar-refractivity contribution in [3.8, 4) is 5.75 Å². The fraction of sp³-hybridized carbons (Fsp3) is 0.0455. The molecule has 118 valence electrons. The summed E-state index contributed by atoms with van der Waals surface area (Å²) in [6.45, 7) is 3.75. The highest BCUT2D eigenvalue weighted by atomic mass is 16.3. The van der Waals surface area contributed by atoms with E-state index in [-0.39, 0.29) is 11.5 Å². The van der Waals surface area contributed by atoms with Crippen LogP contribution in [0.5, 0.6) is 5.75 Å². The van der Waals surface area contributed by atoms with E-state index in [0.29, 0.717) is 11.1 Å². The Morgan fingerprint density at radius 2 is 1.25 bits per heavy atom. The molecule has 24 heavy (non-hydrogen) atoms. The van der Waals surface area contributed by atoms with Crippen LogP contribution < -0.4 is 0 Å². The van der Waals surface area contributed by atoms with E-state index in [1.165, 1.54) is 17.7 Å². The molecule has 2 nitrogen and oxygen atoms in total. The van der Waals surface area contributed by atoms with Gasteiger partial charge in [-0.3, -0.25) is 4.79 Å². The topological polar surface area (TPSA) is 37.3 Å². The van der Waals surface area contributed by atoms with Crippen LogP contribution >= 0.6 is 0 Å². The van der Waals surface area contributed by atoms with Gasteiger partial charge in [0, 0.05) is 11.1 Å². The number of aromatic hydroxyl groups is 1. The van der Waals surface area contributed by atoms with Crippen LogP contribution in [0.15, 0.2) is 79.4 Å². The zero-order valence-electron chi connectivity index (χ0n) is 13.3. The summed E-state index contributed by atoms with van der Waals surface area (Å²) in [5.41, 5.74) is 4.70. The second kappa shape index (κ2) is 6.97. The Balaban J connectivity index is 1.73. The summed E-state index contributed by atoms with van der Waals surface area (Å²) in [5.74, 6) is 0.112. The minimum Gasteiger partial charge on any atom is -0.508 e. The number of carbonyl (C=O) groups is 1. The lowest BCUT2D eigenvalue weighted by Crippen LogP contribution is -2.01. The third kappa shape index (κ3) is 3.61. The fourth-order valence-corrected chi connectivity index (χ4v) is 2.56. The molecule has 1 N–H and O–H groups in total. The fourth-order valence-electron chi connectivity index (χ4n) is 2.56. The molecule has 0 heterocycles. The normalized spacial score (nSPS) is 10.3. The molecule has 2 heteroatoms. The lowest BCUT2D eigenvalue weighted by molar-refractivity contribution is 0.103. The molecule has 0 aromatic heterocycles. The van der Waals surface area contributed by atoms with Crippen LogP contribution in [0.2, 0.25) is 0 Å². The van der Waals surface area contributed by atoms with E-state index in [4.69, 9.17) is 0 Å². The smallest absolute Gasteiger partial charge is 0.193 e. The molecule has 3 aromatic rings. The monoisotopic (exact) mass is 314 g/mol. The maximum absolute atomic E-state index is 12.4. The second-order valence-electron chi connectivity index (χ2n) is 5.70. The highest BCUT2D eigenvalue weighted by Crippen LogP contribution is 2.16. The summed E-state index contributed by atoms with van der Waals surface area (Å²) in [6.07, 6.45) is 2.65. The Hall–Kier alpha value is -3.13. The molecule has 0 unspecified atom stereocenters. The van der Waals surface area contributed by atoms with E-state index in [9.17, 15) is 9.90 Å². The molecular formula is C22H18O2. The van der Waals surface area contributed by atoms with Crippen molar-refractivity contribution in [3.05, 3.63) is 107 Å². The lowest BCUT2D eigenvalue weighted by atomic mass is 9.99. The standard InChI is InChI=1S/C22H18O2/c1-2-16-3-5-17(6-4-16)15-18-7-9-19(10-8-18)22(24)20-11-13-21(23)14-12-20/h2-14,23H,1,15H2. The van der Waals surface area contributed by atoms with Crippen LogP contribution in [0.4, 0.5) is 0 Å². The number of ketones is 1. The summed E-state index contributed by atoms with van der Waals surface area (Å²) in [4.78, 5) is 12.4. The number of phenols is 1. The van der Waals surface area contributed by atoms with Gasteiger partial charge in [-0.1, -0.05) is 61.2 Å². The number of benzene rings is 3. The average molecular weight is 314 g/mol. The van der Waals surface area contributed by atoms with Crippen LogP contribution in [-0.2, 0) is 6.42 Å². The van der Waals surface area contributed by atoms with Crippen LogP contribution in [-0.4, -0.2) is 10.9 Å². The van der Waals surface area contributed by atoms with E-state index < -0.39 is 0 Å². The molecule has 0 saturated heterocycles. The molecule has 3 aromatic carbocycles. The molecule has 0 radical (unpaired) electrons. The minimum atomic E-state index is -0.0446. The summed E-state index contributed by atoms with van der Waals surface area (Å²) >= 11 is 0. The maximum atomic E-state index is 12.4. The maximum Gasteiger partial charge on any atom is 0.193 e. The first-order valence-electron chi connectivity index (χ1n) is 7.80. The first-order valence-corrected chi connectivity index (χ1v) is 7.80.